The Kier molecular flexibility index (Phi) is 5.22. The summed E-state index contributed by atoms with van der Waals surface area (Å²) < 4.78 is 26.3. The Bertz CT molecular complexity index is 654. The average Bonchev–Trinajstić information content (AvgIpc) is 2.45. The summed E-state index contributed by atoms with van der Waals surface area (Å²) in [6.45, 7) is 1.13. The van der Waals surface area contributed by atoms with Gasteiger partial charge < -0.3 is 10.2 Å². The van der Waals surface area contributed by atoms with Gasteiger partial charge in [-0.25, -0.2) is 8.78 Å². The fourth-order valence-electron chi connectivity index (χ4n) is 2.08. The van der Waals surface area contributed by atoms with E-state index in [1.165, 1.54) is 5.56 Å². The van der Waals surface area contributed by atoms with Crippen molar-refractivity contribution in [3.8, 4) is 0 Å². The predicted molar refractivity (Wildman–Crippen MR) is 81.4 cm³/mol. The monoisotopic (exact) mass is 304 g/mol. The minimum absolute atomic E-state index is 0.161. The van der Waals surface area contributed by atoms with Crippen molar-refractivity contribution in [2.24, 2.45) is 0 Å². The van der Waals surface area contributed by atoms with E-state index in [4.69, 9.17) is 0 Å². The number of amides is 1. The van der Waals surface area contributed by atoms with Crippen LogP contribution in [-0.2, 0) is 13.1 Å². The van der Waals surface area contributed by atoms with Crippen LogP contribution in [0.15, 0.2) is 42.5 Å². The molecule has 116 valence electrons. The summed E-state index contributed by atoms with van der Waals surface area (Å²) in [5.74, 6) is -2.13. The minimum Gasteiger partial charge on any atom is -0.348 e. The van der Waals surface area contributed by atoms with Crippen molar-refractivity contribution in [1.82, 2.24) is 10.2 Å². The summed E-state index contributed by atoms with van der Waals surface area (Å²) in [5, 5.41) is 2.62. The topological polar surface area (TPSA) is 32.3 Å². The molecule has 0 fully saturated rings. The molecule has 0 aromatic heterocycles. The normalized spacial score (nSPS) is 10.8. The second-order valence-electron chi connectivity index (χ2n) is 5.36. The lowest BCUT2D eigenvalue weighted by Gasteiger charge is -2.10. The van der Waals surface area contributed by atoms with E-state index in [0.29, 0.717) is 6.07 Å². The molecular weight excluding hydrogens is 286 g/mol. The molecule has 0 aliphatic heterocycles. The Morgan fingerprint density at radius 1 is 1.05 bits per heavy atom. The average molecular weight is 304 g/mol. The third-order valence-corrected chi connectivity index (χ3v) is 3.15. The van der Waals surface area contributed by atoms with E-state index in [1.54, 1.807) is 0 Å². The van der Waals surface area contributed by atoms with Gasteiger partial charge in [0.25, 0.3) is 5.91 Å². The van der Waals surface area contributed by atoms with E-state index >= 15 is 0 Å². The minimum atomic E-state index is -0.862. The van der Waals surface area contributed by atoms with Crippen molar-refractivity contribution >= 4 is 5.91 Å². The van der Waals surface area contributed by atoms with Gasteiger partial charge in [-0.3, -0.25) is 4.79 Å². The fourth-order valence-corrected chi connectivity index (χ4v) is 2.08. The van der Waals surface area contributed by atoms with Crippen LogP contribution < -0.4 is 5.32 Å². The number of nitrogens with zero attached hydrogens (tertiary/aromatic N) is 1. The molecule has 22 heavy (non-hydrogen) atoms. The molecule has 5 heteroatoms. The van der Waals surface area contributed by atoms with Crippen molar-refractivity contribution in [3.63, 3.8) is 0 Å². The highest BCUT2D eigenvalue weighted by atomic mass is 19.1. The van der Waals surface area contributed by atoms with E-state index in [9.17, 15) is 13.6 Å². The summed E-state index contributed by atoms with van der Waals surface area (Å²) in [7, 11) is 3.98. The van der Waals surface area contributed by atoms with Gasteiger partial charge in [0.2, 0.25) is 0 Å². The van der Waals surface area contributed by atoms with E-state index in [-0.39, 0.29) is 12.1 Å². The van der Waals surface area contributed by atoms with Gasteiger partial charge in [0.15, 0.2) is 0 Å². The maximum atomic E-state index is 13.5. The van der Waals surface area contributed by atoms with Gasteiger partial charge in [0.05, 0.1) is 5.56 Å². The van der Waals surface area contributed by atoms with Crippen LogP contribution in [0.5, 0.6) is 0 Å². The molecule has 1 N–H and O–H groups in total. The van der Waals surface area contributed by atoms with Gasteiger partial charge >= 0.3 is 0 Å². The molecule has 1 amide bonds. The lowest BCUT2D eigenvalue weighted by molar-refractivity contribution is 0.0947. The van der Waals surface area contributed by atoms with Gasteiger partial charge in [-0.15, -0.1) is 0 Å². The third kappa shape index (κ3) is 4.36. The van der Waals surface area contributed by atoms with Gasteiger partial charge in [0.1, 0.15) is 11.6 Å². The number of halogens is 2. The molecule has 0 atom stereocenters. The second kappa shape index (κ2) is 7.13. The SMILES string of the molecule is CN(C)Cc1ccc(CNC(=O)c2ccc(F)cc2F)cc1. The lowest BCUT2D eigenvalue weighted by atomic mass is 10.1. The van der Waals surface area contributed by atoms with E-state index < -0.39 is 17.5 Å². The Morgan fingerprint density at radius 2 is 1.68 bits per heavy atom. The lowest BCUT2D eigenvalue weighted by Crippen LogP contribution is -2.23. The summed E-state index contributed by atoms with van der Waals surface area (Å²) in [5.41, 5.74) is 1.92. The van der Waals surface area contributed by atoms with Crippen LogP contribution in [0.2, 0.25) is 0 Å². The maximum Gasteiger partial charge on any atom is 0.254 e. The van der Waals surface area contributed by atoms with Crippen molar-refractivity contribution in [2.75, 3.05) is 14.1 Å². The highest BCUT2D eigenvalue weighted by molar-refractivity contribution is 5.94. The number of hydrogen-bond donors (Lipinski definition) is 1. The first-order valence-corrected chi connectivity index (χ1v) is 6.91. The van der Waals surface area contributed by atoms with Gasteiger partial charge in [0, 0.05) is 19.2 Å². The van der Waals surface area contributed by atoms with Gasteiger partial charge in [-0.2, -0.15) is 0 Å². The number of carbonyl (C=O) groups is 1. The van der Waals surface area contributed by atoms with Crippen LogP contribution in [0, 0.1) is 11.6 Å². The van der Waals surface area contributed by atoms with E-state index in [0.717, 1.165) is 24.2 Å². The van der Waals surface area contributed by atoms with Crippen LogP contribution in [0.3, 0.4) is 0 Å². The smallest absolute Gasteiger partial charge is 0.254 e. The molecule has 0 heterocycles. The molecule has 0 unspecified atom stereocenters. The first kappa shape index (κ1) is 16.1. The van der Waals surface area contributed by atoms with Crippen molar-refractivity contribution in [3.05, 3.63) is 70.8 Å². The van der Waals surface area contributed by atoms with Crippen LogP contribution in [0.1, 0.15) is 21.5 Å². The number of rotatable bonds is 5. The van der Waals surface area contributed by atoms with Crippen molar-refractivity contribution < 1.29 is 13.6 Å². The molecule has 0 bridgehead atoms. The Morgan fingerprint density at radius 3 is 2.27 bits per heavy atom. The van der Waals surface area contributed by atoms with Gasteiger partial charge in [-0.1, -0.05) is 24.3 Å². The standard InChI is InChI=1S/C17H18F2N2O/c1-21(2)11-13-5-3-12(4-6-13)10-20-17(22)15-8-7-14(18)9-16(15)19/h3-9H,10-11H2,1-2H3,(H,20,22). The van der Waals surface area contributed by atoms with Crippen LogP contribution >= 0.6 is 0 Å². The van der Waals surface area contributed by atoms with E-state index in [2.05, 4.69) is 10.2 Å². The summed E-state index contributed by atoms with van der Waals surface area (Å²) in [6.07, 6.45) is 0. The Hall–Kier alpha value is -2.27. The van der Waals surface area contributed by atoms with Crippen LogP contribution in [-0.4, -0.2) is 24.9 Å². The largest absolute Gasteiger partial charge is 0.348 e. The predicted octanol–water partition coefficient (Wildman–Crippen LogP) is 2.96. The highest BCUT2D eigenvalue weighted by Crippen LogP contribution is 2.10. The Labute approximate surface area is 128 Å². The molecule has 3 nitrogen and oxygen atoms in total. The number of hydrogen-bond acceptors (Lipinski definition) is 2. The third-order valence-electron chi connectivity index (χ3n) is 3.15. The molecule has 0 radical (unpaired) electrons. The summed E-state index contributed by atoms with van der Waals surface area (Å²) in [6, 6.07) is 10.7. The van der Waals surface area contributed by atoms with E-state index in [1.807, 2.05) is 38.4 Å². The molecule has 0 aliphatic rings. The quantitative estimate of drug-likeness (QED) is 0.921. The van der Waals surface area contributed by atoms with Crippen molar-refractivity contribution in [2.45, 2.75) is 13.1 Å². The maximum absolute atomic E-state index is 13.5. The molecule has 0 spiro atoms. The molecule has 2 rings (SSSR count). The first-order valence-electron chi connectivity index (χ1n) is 6.91. The zero-order chi connectivity index (χ0) is 16.1. The molecule has 0 aliphatic carbocycles. The first-order chi connectivity index (χ1) is 10.5. The van der Waals surface area contributed by atoms with Crippen LogP contribution in [0.4, 0.5) is 8.78 Å². The van der Waals surface area contributed by atoms with Crippen LogP contribution in [0.25, 0.3) is 0 Å². The second-order valence-corrected chi connectivity index (χ2v) is 5.36. The molecule has 2 aromatic carbocycles. The molecule has 0 saturated carbocycles. The zero-order valence-corrected chi connectivity index (χ0v) is 12.6. The highest BCUT2D eigenvalue weighted by Gasteiger charge is 2.12. The number of nitrogens with one attached hydrogen (secondary N) is 1. The molecular formula is C17H18F2N2O. The summed E-state index contributed by atoms with van der Waals surface area (Å²) >= 11 is 0. The molecule has 2 aromatic rings. The van der Waals surface area contributed by atoms with Crippen molar-refractivity contribution in [1.29, 1.82) is 0 Å². The Balaban J connectivity index is 1.96. The number of benzene rings is 2. The number of carbonyl (C=O) groups excluding carboxylic acids is 1. The summed E-state index contributed by atoms with van der Waals surface area (Å²) in [4.78, 5) is 13.9. The zero-order valence-electron chi connectivity index (χ0n) is 12.6. The van der Waals surface area contributed by atoms with Gasteiger partial charge in [-0.05, 0) is 37.4 Å². The fraction of sp³-hybridized carbons (Fsp3) is 0.235. The molecule has 0 saturated heterocycles.